The minimum absolute atomic E-state index is 0.0245. The van der Waals surface area contributed by atoms with E-state index >= 15 is 0 Å². The van der Waals surface area contributed by atoms with E-state index in [1.807, 2.05) is 24.6 Å². The van der Waals surface area contributed by atoms with Crippen molar-refractivity contribution in [1.29, 1.82) is 0 Å². The summed E-state index contributed by atoms with van der Waals surface area (Å²) in [6.45, 7) is 6.14. The van der Waals surface area contributed by atoms with E-state index in [0.29, 0.717) is 12.1 Å². The van der Waals surface area contributed by atoms with E-state index in [2.05, 4.69) is 10.2 Å². The first-order valence-electron chi connectivity index (χ1n) is 6.44. The van der Waals surface area contributed by atoms with E-state index in [4.69, 9.17) is 0 Å². The predicted molar refractivity (Wildman–Crippen MR) is 71.6 cm³/mol. The van der Waals surface area contributed by atoms with Gasteiger partial charge in [-0.05, 0) is 19.9 Å². The number of amides is 1. The van der Waals surface area contributed by atoms with Crippen molar-refractivity contribution in [2.24, 2.45) is 0 Å². The third-order valence-corrected chi connectivity index (χ3v) is 3.05. The average molecular weight is 261 g/mol. The Balaban J connectivity index is 2.07. The molecule has 0 fully saturated rings. The van der Waals surface area contributed by atoms with Gasteiger partial charge in [-0.3, -0.25) is 14.2 Å². The van der Waals surface area contributed by atoms with Gasteiger partial charge in [-0.15, -0.1) is 0 Å². The molecule has 0 bridgehead atoms. The Labute approximate surface area is 112 Å². The molecule has 2 rings (SSSR count). The van der Waals surface area contributed by atoms with E-state index < -0.39 is 0 Å². The maximum absolute atomic E-state index is 12.2. The highest BCUT2D eigenvalue weighted by Crippen LogP contribution is 2.08. The van der Waals surface area contributed by atoms with Crippen LogP contribution in [0.15, 0.2) is 24.7 Å². The Morgan fingerprint density at radius 3 is 2.74 bits per heavy atom. The van der Waals surface area contributed by atoms with Crippen LogP contribution >= 0.6 is 0 Å². The largest absolute Gasteiger partial charge is 0.336 e. The maximum atomic E-state index is 12.2. The molecule has 0 aromatic carbocycles. The number of nitrogens with zero attached hydrogens (tertiary/aromatic N) is 5. The number of hydrogen-bond acceptors (Lipinski definition) is 3. The summed E-state index contributed by atoms with van der Waals surface area (Å²) in [5.41, 5.74) is 1.65. The van der Waals surface area contributed by atoms with Crippen LogP contribution in [0.3, 0.4) is 0 Å². The quantitative estimate of drug-likeness (QED) is 0.817. The van der Waals surface area contributed by atoms with Crippen molar-refractivity contribution in [3.05, 3.63) is 35.9 Å². The summed E-state index contributed by atoms with van der Waals surface area (Å²) in [5, 5.41) is 8.32. The third kappa shape index (κ3) is 2.83. The van der Waals surface area contributed by atoms with Crippen LogP contribution in [0.1, 0.15) is 29.9 Å². The van der Waals surface area contributed by atoms with Gasteiger partial charge in [0.05, 0.1) is 24.0 Å². The highest BCUT2D eigenvalue weighted by Gasteiger charge is 2.15. The molecule has 1 amide bonds. The Morgan fingerprint density at radius 2 is 2.11 bits per heavy atom. The van der Waals surface area contributed by atoms with Crippen LogP contribution < -0.4 is 0 Å². The zero-order valence-corrected chi connectivity index (χ0v) is 11.6. The van der Waals surface area contributed by atoms with E-state index in [1.54, 1.807) is 35.2 Å². The van der Waals surface area contributed by atoms with Crippen LogP contribution in [0.25, 0.3) is 0 Å². The molecule has 0 atom stereocenters. The molecular weight excluding hydrogens is 242 g/mol. The van der Waals surface area contributed by atoms with Gasteiger partial charge < -0.3 is 4.90 Å². The topological polar surface area (TPSA) is 56.0 Å². The van der Waals surface area contributed by atoms with Crippen LogP contribution in [-0.4, -0.2) is 37.4 Å². The second kappa shape index (κ2) is 5.69. The average Bonchev–Trinajstić information content (AvgIpc) is 3.06. The number of aryl methyl sites for hydroxylation is 2. The van der Waals surface area contributed by atoms with Crippen molar-refractivity contribution < 1.29 is 4.79 Å². The maximum Gasteiger partial charge on any atom is 0.257 e. The molecule has 19 heavy (non-hydrogen) atoms. The van der Waals surface area contributed by atoms with Gasteiger partial charge in [0, 0.05) is 32.5 Å². The summed E-state index contributed by atoms with van der Waals surface area (Å²) in [6, 6.07) is 1.93. The van der Waals surface area contributed by atoms with Gasteiger partial charge in [0.15, 0.2) is 0 Å². The normalized spacial score (nSPS) is 10.7. The molecule has 2 heterocycles. The second-order valence-corrected chi connectivity index (χ2v) is 4.38. The lowest BCUT2D eigenvalue weighted by molar-refractivity contribution is 0.0781. The first kappa shape index (κ1) is 13.3. The second-order valence-electron chi connectivity index (χ2n) is 4.38. The summed E-state index contributed by atoms with van der Waals surface area (Å²) in [6.07, 6.45) is 5.14. The first-order chi connectivity index (χ1) is 9.15. The van der Waals surface area contributed by atoms with Crippen LogP contribution in [0, 0.1) is 0 Å². The molecule has 0 N–H and O–H groups in total. The summed E-state index contributed by atoms with van der Waals surface area (Å²) in [5.74, 6) is -0.0245. The van der Waals surface area contributed by atoms with E-state index in [-0.39, 0.29) is 5.91 Å². The van der Waals surface area contributed by atoms with Crippen molar-refractivity contribution in [2.75, 3.05) is 7.05 Å². The van der Waals surface area contributed by atoms with E-state index in [0.717, 1.165) is 18.8 Å². The van der Waals surface area contributed by atoms with Crippen molar-refractivity contribution in [2.45, 2.75) is 33.5 Å². The van der Waals surface area contributed by atoms with Crippen LogP contribution in [0.2, 0.25) is 0 Å². The van der Waals surface area contributed by atoms with E-state index in [9.17, 15) is 4.79 Å². The molecule has 6 nitrogen and oxygen atoms in total. The molecule has 2 aromatic heterocycles. The Morgan fingerprint density at radius 1 is 1.32 bits per heavy atom. The van der Waals surface area contributed by atoms with Crippen molar-refractivity contribution in [3.8, 4) is 0 Å². The molecule has 0 spiro atoms. The molecule has 102 valence electrons. The van der Waals surface area contributed by atoms with Gasteiger partial charge in [0.1, 0.15) is 0 Å². The molecule has 2 aromatic rings. The van der Waals surface area contributed by atoms with Gasteiger partial charge in [-0.2, -0.15) is 10.2 Å². The number of carbonyl (C=O) groups excluding carboxylic acids is 1. The van der Waals surface area contributed by atoms with Crippen LogP contribution in [-0.2, 0) is 19.6 Å². The van der Waals surface area contributed by atoms with Gasteiger partial charge in [-0.1, -0.05) is 0 Å². The van der Waals surface area contributed by atoms with Crippen molar-refractivity contribution >= 4 is 5.91 Å². The number of aromatic nitrogens is 4. The summed E-state index contributed by atoms with van der Waals surface area (Å²) < 4.78 is 3.64. The van der Waals surface area contributed by atoms with Crippen molar-refractivity contribution in [3.63, 3.8) is 0 Å². The van der Waals surface area contributed by atoms with Crippen LogP contribution in [0.4, 0.5) is 0 Å². The molecule has 0 radical (unpaired) electrons. The molecule has 0 aliphatic carbocycles. The third-order valence-electron chi connectivity index (χ3n) is 3.05. The lowest BCUT2D eigenvalue weighted by Crippen LogP contribution is -2.27. The zero-order chi connectivity index (χ0) is 13.8. The predicted octanol–water partition coefficient (Wildman–Crippen LogP) is 1.39. The Kier molecular flexibility index (Phi) is 3.99. The Hall–Kier alpha value is -2.11. The molecule has 0 saturated heterocycles. The van der Waals surface area contributed by atoms with Gasteiger partial charge in [0.2, 0.25) is 0 Å². The standard InChI is InChI=1S/C13H19N5O/c1-4-17-9-11(8-15-17)13(19)16(3)10-12-6-7-14-18(12)5-2/h6-9H,4-5,10H2,1-3H3. The first-order valence-corrected chi connectivity index (χ1v) is 6.44. The molecule has 0 aliphatic heterocycles. The molecule has 0 saturated carbocycles. The minimum atomic E-state index is -0.0245. The number of rotatable bonds is 5. The fraction of sp³-hybridized carbons (Fsp3) is 0.462. The molecule has 0 aliphatic rings. The molecular formula is C13H19N5O. The Bertz CT molecular complexity index is 557. The highest BCUT2D eigenvalue weighted by molar-refractivity contribution is 5.93. The van der Waals surface area contributed by atoms with Gasteiger partial charge in [-0.25, -0.2) is 0 Å². The number of hydrogen-bond donors (Lipinski definition) is 0. The molecule has 6 heteroatoms. The fourth-order valence-electron chi connectivity index (χ4n) is 1.96. The zero-order valence-electron chi connectivity index (χ0n) is 11.6. The van der Waals surface area contributed by atoms with Crippen LogP contribution in [0.5, 0.6) is 0 Å². The highest BCUT2D eigenvalue weighted by atomic mass is 16.2. The molecule has 0 unspecified atom stereocenters. The summed E-state index contributed by atoms with van der Waals surface area (Å²) in [7, 11) is 1.79. The number of carbonyl (C=O) groups is 1. The minimum Gasteiger partial charge on any atom is -0.336 e. The van der Waals surface area contributed by atoms with Gasteiger partial charge >= 0.3 is 0 Å². The lowest BCUT2D eigenvalue weighted by Gasteiger charge is -2.16. The SMILES string of the molecule is CCn1cc(C(=O)N(C)Cc2ccnn2CC)cn1. The summed E-state index contributed by atoms with van der Waals surface area (Å²) in [4.78, 5) is 13.9. The van der Waals surface area contributed by atoms with Crippen molar-refractivity contribution in [1.82, 2.24) is 24.5 Å². The smallest absolute Gasteiger partial charge is 0.257 e. The van der Waals surface area contributed by atoms with Gasteiger partial charge in [0.25, 0.3) is 5.91 Å². The fourth-order valence-corrected chi connectivity index (χ4v) is 1.96. The summed E-state index contributed by atoms with van der Waals surface area (Å²) >= 11 is 0. The van der Waals surface area contributed by atoms with E-state index in [1.165, 1.54) is 0 Å². The lowest BCUT2D eigenvalue weighted by atomic mass is 10.3. The monoisotopic (exact) mass is 261 g/mol.